The van der Waals surface area contributed by atoms with Gasteiger partial charge in [-0.05, 0) is 18.9 Å². The van der Waals surface area contributed by atoms with E-state index in [-0.39, 0.29) is 6.61 Å². The van der Waals surface area contributed by atoms with Crippen molar-refractivity contribution in [3.8, 4) is 0 Å². The molecule has 0 bridgehead atoms. The molecular weight excluding hydrogens is 184 g/mol. The van der Waals surface area contributed by atoms with Crippen LogP contribution in [0.2, 0.25) is 0 Å². The van der Waals surface area contributed by atoms with Crippen LogP contribution >= 0.6 is 0 Å². The number of nitrogens with zero attached hydrogens (tertiary/aromatic N) is 2. The lowest BCUT2D eigenvalue weighted by Gasteiger charge is -2.22. The standard InChI is InChI=1S/C9H16N2O3/c12-4-3-10-2-1-7-5-11(9(13)14)6-8(7)10/h7-8,12H,1-6H2,(H,13,14). The number of amides is 1. The van der Waals surface area contributed by atoms with Crippen LogP contribution in [0.4, 0.5) is 4.79 Å². The maximum absolute atomic E-state index is 10.8. The minimum atomic E-state index is -0.816. The summed E-state index contributed by atoms with van der Waals surface area (Å²) in [4.78, 5) is 14.4. The topological polar surface area (TPSA) is 64.0 Å². The van der Waals surface area contributed by atoms with Gasteiger partial charge < -0.3 is 15.1 Å². The van der Waals surface area contributed by atoms with Gasteiger partial charge in [-0.1, -0.05) is 0 Å². The first-order valence-electron chi connectivity index (χ1n) is 5.05. The highest BCUT2D eigenvalue weighted by molar-refractivity contribution is 5.65. The fourth-order valence-electron chi connectivity index (χ4n) is 2.61. The average molecular weight is 200 g/mol. The van der Waals surface area contributed by atoms with Gasteiger partial charge in [-0.3, -0.25) is 4.90 Å². The Kier molecular flexibility index (Phi) is 2.60. The summed E-state index contributed by atoms with van der Waals surface area (Å²) >= 11 is 0. The van der Waals surface area contributed by atoms with Gasteiger partial charge in [0.2, 0.25) is 0 Å². The van der Waals surface area contributed by atoms with Crippen molar-refractivity contribution in [1.29, 1.82) is 0 Å². The average Bonchev–Trinajstić information content (AvgIpc) is 2.67. The van der Waals surface area contributed by atoms with E-state index in [1.165, 1.54) is 4.90 Å². The molecule has 0 aromatic heterocycles. The van der Waals surface area contributed by atoms with E-state index in [9.17, 15) is 4.79 Å². The van der Waals surface area contributed by atoms with Crippen LogP contribution in [0.1, 0.15) is 6.42 Å². The van der Waals surface area contributed by atoms with Crippen LogP contribution in [0, 0.1) is 5.92 Å². The number of rotatable bonds is 2. The molecule has 1 amide bonds. The van der Waals surface area contributed by atoms with Crippen LogP contribution < -0.4 is 0 Å². The van der Waals surface area contributed by atoms with Crippen LogP contribution in [0.5, 0.6) is 0 Å². The molecule has 2 unspecified atom stereocenters. The van der Waals surface area contributed by atoms with E-state index in [0.29, 0.717) is 31.6 Å². The van der Waals surface area contributed by atoms with Gasteiger partial charge in [-0.2, -0.15) is 0 Å². The van der Waals surface area contributed by atoms with E-state index in [1.54, 1.807) is 0 Å². The normalized spacial score (nSPS) is 32.2. The maximum Gasteiger partial charge on any atom is 0.407 e. The molecule has 80 valence electrons. The molecule has 5 heteroatoms. The number of hydrogen-bond acceptors (Lipinski definition) is 3. The van der Waals surface area contributed by atoms with Gasteiger partial charge in [0.1, 0.15) is 0 Å². The molecule has 2 atom stereocenters. The summed E-state index contributed by atoms with van der Waals surface area (Å²) in [5, 5.41) is 17.7. The zero-order chi connectivity index (χ0) is 10.1. The molecular formula is C9H16N2O3. The number of likely N-dealkylation sites (tertiary alicyclic amines) is 2. The van der Waals surface area contributed by atoms with Gasteiger partial charge in [-0.15, -0.1) is 0 Å². The van der Waals surface area contributed by atoms with Crippen LogP contribution in [-0.4, -0.2) is 64.9 Å². The maximum atomic E-state index is 10.8. The number of hydrogen-bond donors (Lipinski definition) is 2. The van der Waals surface area contributed by atoms with Crippen molar-refractivity contribution in [1.82, 2.24) is 9.80 Å². The summed E-state index contributed by atoms with van der Waals surface area (Å²) in [6.07, 6.45) is 0.248. The van der Waals surface area contributed by atoms with Crippen LogP contribution in [0.25, 0.3) is 0 Å². The Bertz CT molecular complexity index is 232. The number of aliphatic hydroxyl groups excluding tert-OH is 1. The Morgan fingerprint density at radius 1 is 1.43 bits per heavy atom. The Balaban J connectivity index is 1.96. The van der Waals surface area contributed by atoms with E-state index in [1.807, 2.05) is 0 Å². The van der Waals surface area contributed by atoms with Crippen molar-refractivity contribution < 1.29 is 15.0 Å². The van der Waals surface area contributed by atoms with Gasteiger partial charge in [0.05, 0.1) is 6.61 Å². The lowest BCUT2D eigenvalue weighted by atomic mass is 10.1. The molecule has 0 spiro atoms. The van der Waals surface area contributed by atoms with Crippen molar-refractivity contribution in [3.63, 3.8) is 0 Å². The summed E-state index contributed by atoms with van der Waals surface area (Å²) in [5.74, 6) is 0.484. The fourth-order valence-corrected chi connectivity index (χ4v) is 2.61. The third-order valence-corrected chi connectivity index (χ3v) is 3.32. The monoisotopic (exact) mass is 200 g/mol. The minimum absolute atomic E-state index is 0.163. The SMILES string of the molecule is O=C(O)N1CC2CCN(CCO)C2C1. The van der Waals surface area contributed by atoms with Gasteiger partial charge >= 0.3 is 6.09 Å². The zero-order valence-corrected chi connectivity index (χ0v) is 8.09. The first-order chi connectivity index (χ1) is 6.72. The highest BCUT2D eigenvalue weighted by atomic mass is 16.4. The molecule has 2 rings (SSSR count). The molecule has 0 radical (unpaired) electrons. The largest absolute Gasteiger partial charge is 0.465 e. The predicted octanol–water partition coefficient (Wildman–Crippen LogP) is -0.337. The van der Waals surface area contributed by atoms with Crippen molar-refractivity contribution in [2.75, 3.05) is 32.8 Å². The highest BCUT2D eigenvalue weighted by Gasteiger charge is 2.42. The van der Waals surface area contributed by atoms with E-state index in [4.69, 9.17) is 10.2 Å². The Morgan fingerprint density at radius 2 is 2.21 bits per heavy atom. The van der Waals surface area contributed by atoms with Crippen LogP contribution in [0.3, 0.4) is 0 Å². The van der Waals surface area contributed by atoms with Gasteiger partial charge in [-0.25, -0.2) is 4.79 Å². The van der Waals surface area contributed by atoms with Crippen molar-refractivity contribution in [3.05, 3.63) is 0 Å². The van der Waals surface area contributed by atoms with E-state index >= 15 is 0 Å². The summed E-state index contributed by atoms with van der Waals surface area (Å²) in [5.41, 5.74) is 0. The molecule has 2 aliphatic rings. The summed E-state index contributed by atoms with van der Waals surface area (Å²) in [6, 6.07) is 0.346. The smallest absolute Gasteiger partial charge is 0.407 e. The third-order valence-electron chi connectivity index (χ3n) is 3.32. The van der Waals surface area contributed by atoms with Crippen molar-refractivity contribution in [2.24, 2.45) is 5.92 Å². The first kappa shape index (κ1) is 9.73. The Hall–Kier alpha value is -0.810. The molecule has 0 aliphatic carbocycles. The second kappa shape index (κ2) is 3.74. The first-order valence-corrected chi connectivity index (χ1v) is 5.05. The van der Waals surface area contributed by atoms with Gasteiger partial charge in [0, 0.05) is 25.7 Å². The second-order valence-electron chi connectivity index (χ2n) is 4.06. The van der Waals surface area contributed by atoms with Gasteiger partial charge in [0.15, 0.2) is 0 Å². The molecule has 0 aromatic carbocycles. The molecule has 2 heterocycles. The lowest BCUT2D eigenvalue weighted by molar-refractivity contribution is 0.143. The Labute approximate surface area is 82.9 Å². The van der Waals surface area contributed by atoms with E-state index in [2.05, 4.69) is 4.90 Å². The molecule has 2 N–H and O–H groups in total. The molecule has 14 heavy (non-hydrogen) atoms. The number of β-amino-alcohol motifs (C(OH)–C–C–N with tert-alkyl or cyclic N) is 1. The molecule has 2 aliphatic heterocycles. The third kappa shape index (κ3) is 1.57. The summed E-state index contributed by atoms with van der Waals surface area (Å²) in [6.45, 7) is 3.12. The Morgan fingerprint density at radius 3 is 2.86 bits per heavy atom. The second-order valence-corrected chi connectivity index (χ2v) is 4.06. The minimum Gasteiger partial charge on any atom is -0.465 e. The van der Waals surface area contributed by atoms with Crippen molar-refractivity contribution in [2.45, 2.75) is 12.5 Å². The number of carbonyl (C=O) groups is 1. The van der Waals surface area contributed by atoms with Crippen LogP contribution in [-0.2, 0) is 0 Å². The molecule has 2 fully saturated rings. The van der Waals surface area contributed by atoms with Gasteiger partial charge in [0.25, 0.3) is 0 Å². The fraction of sp³-hybridized carbons (Fsp3) is 0.889. The predicted molar refractivity (Wildman–Crippen MR) is 50.2 cm³/mol. The summed E-state index contributed by atoms with van der Waals surface area (Å²) in [7, 11) is 0. The van der Waals surface area contributed by atoms with Crippen molar-refractivity contribution >= 4 is 6.09 Å². The summed E-state index contributed by atoms with van der Waals surface area (Å²) < 4.78 is 0. The molecule has 0 aromatic rings. The van der Waals surface area contributed by atoms with E-state index < -0.39 is 6.09 Å². The zero-order valence-electron chi connectivity index (χ0n) is 8.09. The van der Waals surface area contributed by atoms with Crippen LogP contribution in [0.15, 0.2) is 0 Å². The molecule has 0 saturated carbocycles. The number of carboxylic acid groups (broad SMARTS) is 1. The van der Waals surface area contributed by atoms with E-state index in [0.717, 1.165) is 13.0 Å². The number of fused-ring (bicyclic) bond motifs is 1. The molecule has 2 saturated heterocycles. The molecule has 5 nitrogen and oxygen atoms in total. The lowest BCUT2D eigenvalue weighted by Crippen LogP contribution is -2.38. The number of aliphatic hydroxyl groups is 1. The quantitative estimate of drug-likeness (QED) is 0.640. The highest BCUT2D eigenvalue weighted by Crippen LogP contribution is 2.30.